The van der Waals surface area contributed by atoms with E-state index in [-0.39, 0.29) is 23.8 Å². The van der Waals surface area contributed by atoms with Crippen molar-refractivity contribution < 1.29 is 22.7 Å². The molecule has 1 aromatic carbocycles. The van der Waals surface area contributed by atoms with Gasteiger partial charge in [-0.05, 0) is 23.6 Å². The number of hydrogen-bond donors (Lipinski definition) is 1. The van der Waals surface area contributed by atoms with Crippen LogP contribution < -0.4 is 10.5 Å². The molecular weight excluding hydrogens is 375 g/mol. The Morgan fingerprint density at radius 2 is 1.89 bits per heavy atom. The molecule has 1 fully saturated rings. The maximum absolute atomic E-state index is 12.7. The lowest BCUT2D eigenvalue weighted by atomic mass is 9.94. The molecule has 28 heavy (non-hydrogen) atoms. The van der Waals surface area contributed by atoms with E-state index >= 15 is 0 Å². The number of rotatable bonds is 5. The third-order valence-electron chi connectivity index (χ3n) is 4.62. The van der Waals surface area contributed by atoms with Crippen molar-refractivity contribution in [1.82, 2.24) is 9.97 Å². The predicted octanol–water partition coefficient (Wildman–Crippen LogP) is 3.00. The molecule has 0 bridgehead atoms. The summed E-state index contributed by atoms with van der Waals surface area (Å²) in [5.41, 5.74) is -0.508. The molecule has 1 aromatic heterocycles. The zero-order chi connectivity index (χ0) is 20.3. The summed E-state index contributed by atoms with van der Waals surface area (Å²) in [4.78, 5) is 33.3. The van der Waals surface area contributed by atoms with Crippen molar-refractivity contribution in [2.45, 2.75) is 25.4 Å². The first-order valence-electron chi connectivity index (χ1n) is 8.88. The number of hydrogen-bond acceptors (Lipinski definition) is 5. The average molecular weight is 395 g/mol. The van der Waals surface area contributed by atoms with Gasteiger partial charge in [-0.1, -0.05) is 19.1 Å². The summed E-state index contributed by atoms with van der Waals surface area (Å²) in [6, 6.07) is 5.87. The molecule has 150 valence electrons. The Morgan fingerprint density at radius 3 is 2.50 bits per heavy atom. The third kappa shape index (κ3) is 4.78. The van der Waals surface area contributed by atoms with Gasteiger partial charge < -0.3 is 9.64 Å². The monoisotopic (exact) mass is 395 g/mol. The summed E-state index contributed by atoms with van der Waals surface area (Å²) in [5.74, 6) is -0.336. The van der Waals surface area contributed by atoms with Crippen molar-refractivity contribution in [1.29, 1.82) is 0 Å². The molecule has 1 aliphatic heterocycles. The van der Waals surface area contributed by atoms with Gasteiger partial charge >= 0.3 is 6.18 Å². The van der Waals surface area contributed by atoms with Crippen molar-refractivity contribution in [3.8, 4) is 0 Å². The van der Waals surface area contributed by atoms with Crippen LogP contribution in [0.2, 0.25) is 0 Å². The summed E-state index contributed by atoms with van der Waals surface area (Å²) in [5, 5.41) is 0. The molecular formula is C19H20F3N3O3. The summed E-state index contributed by atoms with van der Waals surface area (Å²) >= 11 is 0. The van der Waals surface area contributed by atoms with Crippen LogP contribution in [0.1, 0.15) is 40.9 Å². The number of carbonyl (C=O) groups excluding carboxylic acids is 1. The number of morpholine rings is 1. The van der Waals surface area contributed by atoms with Crippen molar-refractivity contribution in [3.63, 3.8) is 0 Å². The van der Waals surface area contributed by atoms with E-state index in [1.165, 1.54) is 12.1 Å². The quantitative estimate of drug-likeness (QED) is 0.788. The van der Waals surface area contributed by atoms with Crippen LogP contribution in [-0.4, -0.2) is 42.1 Å². The highest BCUT2D eigenvalue weighted by atomic mass is 19.4. The lowest BCUT2D eigenvalue weighted by Crippen LogP contribution is -2.38. The van der Waals surface area contributed by atoms with Crippen LogP contribution in [0.15, 0.2) is 35.1 Å². The van der Waals surface area contributed by atoms with Gasteiger partial charge in [-0.15, -0.1) is 0 Å². The second kappa shape index (κ2) is 8.14. The van der Waals surface area contributed by atoms with E-state index < -0.39 is 17.3 Å². The number of ether oxygens (including phenoxy) is 1. The number of benzene rings is 1. The smallest absolute Gasteiger partial charge is 0.378 e. The number of carbonyl (C=O) groups is 1. The number of H-pyrrole nitrogens is 1. The van der Waals surface area contributed by atoms with E-state index in [0.29, 0.717) is 37.8 Å². The Balaban J connectivity index is 1.73. The van der Waals surface area contributed by atoms with E-state index in [2.05, 4.69) is 9.97 Å². The van der Waals surface area contributed by atoms with Gasteiger partial charge in [0.15, 0.2) is 5.78 Å². The largest absolute Gasteiger partial charge is 0.416 e. The number of nitrogens with one attached hydrogen (secondary N) is 1. The van der Waals surface area contributed by atoms with Crippen LogP contribution in [0.25, 0.3) is 0 Å². The normalized spacial score (nSPS) is 16.1. The molecule has 2 heterocycles. The Hall–Kier alpha value is -2.68. The predicted molar refractivity (Wildman–Crippen MR) is 96.7 cm³/mol. The topological polar surface area (TPSA) is 75.3 Å². The maximum Gasteiger partial charge on any atom is 0.416 e. The van der Waals surface area contributed by atoms with Gasteiger partial charge in [0.2, 0.25) is 5.95 Å². The van der Waals surface area contributed by atoms with Gasteiger partial charge in [-0.25, -0.2) is 4.98 Å². The van der Waals surface area contributed by atoms with Gasteiger partial charge in [0.05, 0.1) is 18.8 Å². The number of nitrogens with zero attached hydrogens (tertiary/aromatic N) is 2. The van der Waals surface area contributed by atoms with Crippen LogP contribution >= 0.6 is 0 Å². The maximum atomic E-state index is 12.7. The van der Waals surface area contributed by atoms with Crippen molar-refractivity contribution in [3.05, 3.63) is 57.5 Å². The molecule has 3 rings (SSSR count). The van der Waals surface area contributed by atoms with E-state index in [9.17, 15) is 22.8 Å². The van der Waals surface area contributed by atoms with Gasteiger partial charge in [-0.3, -0.25) is 14.6 Å². The average Bonchev–Trinajstić information content (AvgIpc) is 2.67. The summed E-state index contributed by atoms with van der Waals surface area (Å²) in [6.45, 7) is 3.88. The number of Topliss-reactive ketones (excluding diaryl/α,β-unsaturated/α-hetero) is 1. The van der Waals surface area contributed by atoms with Gasteiger partial charge in [0.25, 0.3) is 5.56 Å². The van der Waals surface area contributed by atoms with E-state index in [0.717, 1.165) is 18.2 Å². The molecule has 2 aromatic rings. The highest BCUT2D eigenvalue weighted by molar-refractivity contribution is 5.94. The van der Waals surface area contributed by atoms with Crippen LogP contribution in [0.4, 0.5) is 19.1 Å². The van der Waals surface area contributed by atoms with Crippen molar-refractivity contribution >= 4 is 11.7 Å². The van der Waals surface area contributed by atoms with E-state index in [4.69, 9.17) is 4.74 Å². The summed E-state index contributed by atoms with van der Waals surface area (Å²) in [7, 11) is 0. The molecule has 0 amide bonds. The molecule has 1 aliphatic rings. The highest BCUT2D eigenvalue weighted by Gasteiger charge is 2.30. The number of aromatic amines is 1. The standard InChI is InChI=1S/C19H20F3N3O3/c1-12(13-2-4-14(5-3-13)19(20,21)22)10-16(26)15-11-17(27)24-18(23-15)25-6-8-28-9-7-25/h2-5,11-12H,6-10H2,1H3,(H,23,24,27)/t12-/m0/s1. The minimum Gasteiger partial charge on any atom is -0.378 e. The molecule has 0 aliphatic carbocycles. The Bertz CT molecular complexity index is 888. The summed E-state index contributed by atoms with van der Waals surface area (Å²) < 4.78 is 43.3. The van der Waals surface area contributed by atoms with Crippen LogP contribution in [0.5, 0.6) is 0 Å². The fourth-order valence-corrected chi connectivity index (χ4v) is 3.01. The fraction of sp³-hybridized carbons (Fsp3) is 0.421. The van der Waals surface area contributed by atoms with E-state index in [1.807, 2.05) is 4.90 Å². The zero-order valence-electron chi connectivity index (χ0n) is 15.3. The van der Waals surface area contributed by atoms with Crippen LogP contribution in [0.3, 0.4) is 0 Å². The minimum atomic E-state index is -4.40. The first kappa shape index (κ1) is 20.1. The molecule has 0 spiro atoms. The molecule has 9 heteroatoms. The molecule has 0 radical (unpaired) electrons. The molecule has 0 unspecified atom stereocenters. The second-order valence-electron chi connectivity index (χ2n) is 6.70. The zero-order valence-corrected chi connectivity index (χ0v) is 15.3. The number of anilines is 1. The third-order valence-corrected chi connectivity index (χ3v) is 4.62. The lowest BCUT2D eigenvalue weighted by Gasteiger charge is -2.27. The lowest BCUT2D eigenvalue weighted by molar-refractivity contribution is -0.137. The Morgan fingerprint density at radius 1 is 1.25 bits per heavy atom. The van der Waals surface area contributed by atoms with Crippen molar-refractivity contribution in [2.75, 3.05) is 31.2 Å². The molecule has 0 saturated carbocycles. The highest BCUT2D eigenvalue weighted by Crippen LogP contribution is 2.30. The molecule has 1 saturated heterocycles. The molecule has 1 atom stereocenters. The number of ketones is 1. The van der Waals surface area contributed by atoms with Crippen LogP contribution in [-0.2, 0) is 10.9 Å². The second-order valence-corrected chi connectivity index (χ2v) is 6.70. The fourth-order valence-electron chi connectivity index (χ4n) is 3.01. The minimum absolute atomic E-state index is 0.0321. The Kier molecular flexibility index (Phi) is 5.83. The van der Waals surface area contributed by atoms with Crippen LogP contribution in [0, 0.1) is 0 Å². The summed E-state index contributed by atoms with van der Waals surface area (Å²) in [6.07, 6.45) is -4.37. The first-order chi connectivity index (χ1) is 13.2. The molecule has 1 N–H and O–H groups in total. The number of alkyl halides is 3. The number of aromatic nitrogens is 2. The SMILES string of the molecule is C[C@@H](CC(=O)c1cc(=O)[nH]c(N2CCOCC2)n1)c1ccc(C(F)(F)F)cc1. The van der Waals surface area contributed by atoms with Gasteiger partial charge in [-0.2, -0.15) is 13.2 Å². The van der Waals surface area contributed by atoms with E-state index in [1.54, 1.807) is 6.92 Å². The first-order valence-corrected chi connectivity index (χ1v) is 8.88. The number of halogens is 3. The van der Waals surface area contributed by atoms with Crippen molar-refractivity contribution in [2.24, 2.45) is 0 Å². The van der Waals surface area contributed by atoms with Gasteiger partial charge in [0.1, 0.15) is 5.69 Å². The molecule has 6 nitrogen and oxygen atoms in total. The van der Waals surface area contributed by atoms with Gasteiger partial charge in [0, 0.05) is 25.6 Å². The Labute approximate surface area is 159 Å².